The zero-order valence-corrected chi connectivity index (χ0v) is 16.4. The van der Waals surface area contributed by atoms with Crippen molar-refractivity contribution in [2.45, 2.75) is 6.92 Å². The molecule has 0 atom stereocenters. The van der Waals surface area contributed by atoms with Crippen molar-refractivity contribution in [1.82, 2.24) is 9.47 Å². The molecule has 2 heterocycles. The number of methoxy groups -OCH3 is 1. The van der Waals surface area contributed by atoms with E-state index < -0.39 is 0 Å². The number of piperazine rings is 1. The first kappa shape index (κ1) is 19.0. The second-order valence-corrected chi connectivity index (χ2v) is 7.05. The Morgan fingerprint density at radius 1 is 1.03 bits per heavy atom. The highest BCUT2D eigenvalue weighted by Gasteiger charge is 2.26. The number of carbonyl (C=O) groups excluding carboxylic acids is 2. The number of benzene rings is 2. The Bertz CT molecular complexity index is 1080. The molecule has 7 heteroatoms. The molecule has 0 N–H and O–H groups in total. The Labute approximate surface area is 168 Å². The molecule has 2 aromatic carbocycles. The van der Waals surface area contributed by atoms with E-state index in [4.69, 9.17) is 4.74 Å². The van der Waals surface area contributed by atoms with Gasteiger partial charge in [-0.05, 0) is 30.3 Å². The molecule has 1 saturated heterocycles. The van der Waals surface area contributed by atoms with Gasteiger partial charge in [-0.15, -0.1) is 0 Å². The summed E-state index contributed by atoms with van der Waals surface area (Å²) in [4.78, 5) is 28.9. The molecule has 0 saturated carbocycles. The molecule has 1 amide bonds. The zero-order chi connectivity index (χ0) is 20.5. The SMILES string of the molecule is COc1ccc2c(c1)c(C(=O)N1CCN(c3ccccc3F)CC1)cn2C(C)=O. The lowest BCUT2D eigenvalue weighted by Gasteiger charge is -2.36. The van der Waals surface area contributed by atoms with Gasteiger partial charge in [0.1, 0.15) is 11.6 Å². The van der Waals surface area contributed by atoms with Gasteiger partial charge < -0.3 is 14.5 Å². The highest BCUT2D eigenvalue weighted by atomic mass is 19.1. The Kier molecular flexibility index (Phi) is 4.96. The lowest BCUT2D eigenvalue weighted by Crippen LogP contribution is -2.49. The quantitative estimate of drug-likeness (QED) is 0.682. The van der Waals surface area contributed by atoms with E-state index >= 15 is 0 Å². The Morgan fingerprint density at radius 2 is 1.76 bits per heavy atom. The Balaban J connectivity index is 1.60. The topological polar surface area (TPSA) is 54.8 Å². The summed E-state index contributed by atoms with van der Waals surface area (Å²) in [5, 5.41) is 0.682. The van der Waals surface area contributed by atoms with Crippen LogP contribution < -0.4 is 9.64 Å². The largest absolute Gasteiger partial charge is 0.497 e. The third kappa shape index (κ3) is 3.44. The summed E-state index contributed by atoms with van der Waals surface area (Å²) in [6.45, 7) is 3.50. The normalized spacial score (nSPS) is 14.3. The highest BCUT2D eigenvalue weighted by Crippen LogP contribution is 2.28. The summed E-state index contributed by atoms with van der Waals surface area (Å²) in [6.07, 6.45) is 1.60. The van der Waals surface area contributed by atoms with Gasteiger partial charge >= 0.3 is 0 Å². The van der Waals surface area contributed by atoms with Crippen LogP contribution in [0, 0.1) is 5.82 Å². The lowest BCUT2D eigenvalue weighted by molar-refractivity contribution is 0.0748. The molecule has 1 aromatic heterocycles. The van der Waals surface area contributed by atoms with Crippen molar-refractivity contribution < 1.29 is 18.7 Å². The number of nitrogens with zero attached hydrogens (tertiary/aromatic N) is 3. The van der Waals surface area contributed by atoms with Crippen LogP contribution in [-0.4, -0.2) is 54.6 Å². The summed E-state index contributed by atoms with van der Waals surface area (Å²) in [6, 6.07) is 12.0. The van der Waals surface area contributed by atoms with E-state index in [-0.39, 0.29) is 17.6 Å². The van der Waals surface area contributed by atoms with Crippen LogP contribution in [0.25, 0.3) is 10.9 Å². The van der Waals surface area contributed by atoms with E-state index in [2.05, 4.69) is 0 Å². The van der Waals surface area contributed by atoms with Gasteiger partial charge in [0, 0.05) is 44.7 Å². The maximum Gasteiger partial charge on any atom is 0.256 e. The third-order valence-electron chi connectivity index (χ3n) is 5.34. The zero-order valence-electron chi connectivity index (χ0n) is 16.4. The molecule has 0 unspecified atom stereocenters. The number of anilines is 1. The molecule has 150 valence electrons. The lowest BCUT2D eigenvalue weighted by atomic mass is 10.1. The van der Waals surface area contributed by atoms with Crippen LogP contribution in [0.5, 0.6) is 5.75 Å². The minimum absolute atomic E-state index is 0.142. The van der Waals surface area contributed by atoms with Gasteiger partial charge in [-0.1, -0.05) is 12.1 Å². The second-order valence-electron chi connectivity index (χ2n) is 7.05. The maximum atomic E-state index is 14.1. The number of fused-ring (bicyclic) bond motifs is 1. The first-order valence-corrected chi connectivity index (χ1v) is 9.48. The van der Waals surface area contributed by atoms with Gasteiger partial charge in [0.25, 0.3) is 5.91 Å². The average molecular weight is 395 g/mol. The second kappa shape index (κ2) is 7.58. The van der Waals surface area contributed by atoms with Crippen LogP contribution in [0.4, 0.5) is 10.1 Å². The van der Waals surface area contributed by atoms with E-state index in [0.717, 1.165) is 0 Å². The Morgan fingerprint density at radius 3 is 2.41 bits per heavy atom. The first-order valence-electron chi connectivity index (χ1n) is 9.48. The van der Waals surface area contributed by atoms with Crippen molar-refractivity contribution in [3.05, 3.63) is 60.0 Å². The molecular weight excluding hydrogens is 373 g/mol. The van der Waals surface area contributed by atoms with Gasteiger partial charge in [-0.2, -0.15) is 0 Å². The van der Waals surface area contributed by atoms with Crippen LogP contribution in [0.3, 0.4) is 0 Å². The number of aromatic nitrogens is 1. The molecule has 4 rings (SSSR count). The fourth-order valence-electron chi connectivity index (χ4n) is 3.80. The number of amides is 1. The van der Waals surface area contributed by atoms with E-state index in [9.17, 15) is 14.0 Å². The van der Waals surface area contributed by atoms with E-state index in [0.29, 0.717) is 54.1 Å². The van der Waals surface area contributed by atoms with Crippen LogP contribution >= 0.6 is 0 Å². The summed E-state index contributed by atoms with van der Waals surface area (Å²) in [7, 11) is 1.56. The number of halogens is 1. The van der Waals surface area contributed by atoms with Crippen LogP contribution in [-0.2, 0) is 0 Å². The van der Waals surface area contributed by atoms with Gasteiger partial charge in [-0.3, -0.25) is 14.2 Å². The van der Waals surface area contributed by atoms with E-state index in [1.807, 2.05) is 4.90 Å². The number of rotatable bonds is 3. The predicted octanol–water partition coefficient (Wildman–Crippen LogP) is 3.41. The molecule has 29 heavy (non-hydrogen) atoms. The summed E-state index contributed by atoms with van der Waals surface area (Å²) in [5.74, 6) is 0.0566. The van der Waals surface area contributed by atoms with Crippen molar-refractivity contribution in [2.75, 3.05) is 38.2 Å². The van der Waals surface area contributed by atoms with Crippen LogP contribution in [0.1, 0.15) is 22.1 Å². The monoisotopic (exact) mass is 395 g/mol. The Hall–Kier alpha value is -3.35. The van der Waals surface area contributed by atoms with Crippen LogP contribution in [0.15, 0.2) is 48.7 Å². The fraction of sp³-hybridized carbons (Fsp3) is 0.273. The van der Waals surface area contributed by atoms with Crippen molar-refractivity contribution in [1.29, 1.82) is 0 Å². The van der Waals surface area contributed by atoms with Gasteiger partial charge in [0.15, 0.2) is 0 Å². The third-order valence-corrected chi connectivity index (χ3v) is 5.34. The van der Waals surface area contributed by atoms with Crippen molar-refractivity contribution >= 4 is 28.4 Å². The minimum Gasteiger partial charge on any atom is -0.497 e. The molecule has 0 radical (unpaired) electrons. The van der Waals surface area contributed by atoms with Gasteiger partial charge in [0.05, 0.1) is 23.9 Å². The summed E-state index contributed by atoms with van der Waals surface area (Å²) in [5.41, 5.74) is 1.69. The molecule has 1 aliphatic rings. The number of hydrogen-bond acceptors (Lipinski definition) is 4. The van der Waals surface area contributed by atoms with E-state index in [1.165, 1.54) is 17.6 Å². The number of hydrogen-bond donors (Lipinski definition) is 0. The number of carbonyl (C=O) groups is 2. The molecule has 1 fully saturated rings. The van der Waals surface area contributed by atoms with Gasteiger partial charge in [0.2, 0.25) is 5.91 Å². The molecule has 6 nitrogen and oxygen atoms in total. The predicted molar refractivity (Wildman–Crippen MR) is 109 cm³/mol. The molecule has 1 aliphatic heterocycles. The molecule has 0 aliphatic carbocycles. The van der Waals surface area contributed by atoms with Crippen molar-refractivity contribution in [3.63, 3.8) is 0 Å². The summed E-state index contributed by atoms with van der Waals surface area (Å²) >= 11 is 0. The number of ether oxygens (including phenoxy) is 1. The summed E-state index contributed by atoms with van der Waals surface area (Å²) < 4.78 is 20.8. The average Bonchev–Trinajstić information content (AvgIpc) is 3.13. The molecule has 0 spiro atoms. The highest BCUT2D eigenvalue weighted by molar-refractivity contribution is 6.09. The number of para-hydroxylation sites is 1. The molecule has 0 bridgehead atoms. The maximum absolute atomic E-state index is 14.1. The molecule has 3 aromatic rings. The fourth-order valence-corrected chi connectivity index (χ4v) is 3.80. The van der Waals surface area contributed by atoms with E-state index in [1.54, 1.807) is 54.6 Å². The van der Waals surface area contributed by atoms with Gasteiger partial charge in [-0.25, -0.2) is 4.39 Å². The minimum atomic E-state index is -0.260. The standard InChI is InChI=1S/C22H22FN3O3/c1-15(27)26-14-18(17-13-16(29-2)7-8-20(17)26)22(28)25-11-9-24(10-12-25)21-6-4-3-5-19(21)23/h3-8,13-14H,9-12H2,1-2H3. The smallest absolute Gasteiger partial charge is 0.256 e. The first-order chi connectivity index (χ1) is 14.0. The molecular formula is C22H22FN3O3. The van der Waals surface area contributed by atoms with Crippen molar-refractivity contribution in [2.24, 2.45) is 0 Å². The van der Waals surface area contributed by atoms with Crippen LogP contribution in [0.2, 0.25) is 0 Å². The van der Waals surface area contributed by atoms with Crippen molar-refractivity contribution in [3.8, 4) is 5.75 Å².